The predicted octanol–water partition coefficient (Wildman–Crippen LogP) is 2.70. The third kappa shape index (κ3) is 3.95. The first-order valence-corrected chi connectivity index (χ1v) is 7.41. The SMILES string of the molecule is C[C@H](Sc1nncs1)C(=O)Nc1ccc(F)c([N+](=O)[O-])c1. The van der Waals surface area contributed by atoms with Crippen molar-refractivity contribution in [3.63, 3.8) is 0 Å². The minimum absolute atomic E-state index is 0.165. The van der Waals surface area contributed by atoms with Gasteiger partial charge in [0.1, 0.15) is 5.51 Å². The first-order chi connectivity index (χ1) is 9.97. The molecule has 21 heavy (non-hydrogen) atoms. The monoisotopic (exact) mass is 328 g/mol. The van der Waals surface area contributed by atoms with Gasteiger partial charge in [0.05, 0.1) is 10.2 Å². The Morgan fingerprint density at radius 3 is 2.95 bits per heavy atom. The lowest BCUT2D eigenvalue weighted by molar-refractivity contribution is -0.387. The molecular weight excluding hydrogens is 319 g/mol. The first-order valence-electron chi connectivity index (χ1n) is 5.65. The van der Waals surface area contributed by atoms with Gasteiger partial charge in [-0.05, 0) is 19.1 Å². The van der Waals surface area contributed by atoms with E-state index in [4.69, 9.17) is 0 Å². The van der Waals surface area contributed by atoms with Gasteiger partial charge in [-0.3, -0.25) is 14.9 Å². The fourth-order valence-electron chi connectivity index (χ4n) is 1.39. The molecule has 0 bridgehead atoms. The highest BCUT2D eigenvalue weighted by Crippen LogP contribution is 2.26. The molecule has 2 aromatic rings. The van der Waals surface area contributed by atoms with Crippen molar-refractivity contribution in [2.24, 2.45) is 0 Å². The summed E-state index contributed by atoms with van der Waals surface area (Å²) < 4.78 is 13.8. The van der Waals surface area contributed by atoms with Crippen LogP contribution < -0.4 is 5.32 Å². The number of rotatable bonds is 5. The van der Waals surface area contributed by atoms with E-state index < -0.39 is 21.7 Å². The van der Waals surface area contributed by atoms with Crippen LogP contribution in [-0.4, -0.2) is 26.3 Å². The number of amides is 1. The van der Waals surface area contributed by atoms with Gasteiger partial charge >= 0.3 is 5.69 Å². The predicted molar refractivity (Wildman–Crippen MR) is 76.9 cm³/mol. The molecule has 0 saturated heterocycles. The molecule has 2 rings (SSSR count). The third-order valence-electron chi connectivity index (χ3n) is 2.40. The summed E-state index contributed by atoms with van der Waals surface area (Å²) >= 11 is 2.52. The molecule has 1 N–H and O–H groups in total. The number of benzene rings is 1. The average Bonchev–Trinajstić information content (AvgIpc) is 2.93. The fraction of sp³-hybridized carbons (Fsp3) is 0.182. The standard InChI is InChI=1S/C11H9FN4O3S2/c1-6(21-11-15-13-5-20-11)10(17)14-7-2-3-8(12)9(4-7)16(18)19/h2-6H,1H3,(H,14,17)/t6-/m0/s1. The van der Waals surface area contributed by atoms with Crippen LogP contribution in [0.4, 0.5) is 15.8 Å². The number of anilines is 1. The third-order valence-corrected chi connectivity index (χ3v) is 4.31. The van der Waals surface area contributed by atoms with Gasteiger partial charge in [-0.25, -0.2) is 0 Å². The molecule has 0 radical (unpaired) electrons. The van der Waals surface area contributed by atoms with Gasteiger partial charge < -0.3 is 5.32 Å². The van der Waals surface area contributed by atoms with Gasteiger partial charge in [0, 0.05) is 11.8 Å². The molecule has 1 amide bonds. The van der Waals surface area contributed by atoms with Crippen molar-refractivity contribution >= 4 is 40.4 Å². The number of thioether (sulfide) groups is 1. The highest BCUT2D eigenvalue weighted by Gasteiger charge is 2.19. The Bertz CT molecular complexity index is 665. The second-order valence-electron chi connectivity index (χ2n) is 3.88. The Hall–Kier alpha value is -2.07. The molecule has 0 fully saturated rings. The maximum absolute atomic E-state index is 13.2. The van der Waals surface area contributed by atoms with Gasteiger partial charge in [0.25, 0.3) is 0 Å². The van der Waals surface area contributed by atoms with Crippen LogP contribution in [0.15, 0.2) is 28.0 Å². The van der Waals surface area contributed by atoms with Crippen molar-refractivity contribution in [2.75, 3.05) is 5.32 Å². The number of nitro benzene ring substituents is 1. The molecule has 1 heterocycles. The van der Waals surface area contributed by atoms with Crippen molar-refractivity contribution in [1.82, 2.24) is 10.2 Å². The number of carbonyl (C=O) groups is 1. The zero-order chi connectivity index (χ0) is 15.4. The maximum Gasteiger partial charge on any atom is 0.306 e. The number of nitrogens with one attached hydrogen (secondary N) is 1. The van der Waals surface area contributed by atoms with E-state index in [1.54, 1.807) is 12.4 Å². The van der Waals surface area contributed by atoms with Crippen LogP contribution in [0, 0.1) is 15.9 Å². The molecular formula is C11H9FN4O3S2. The summed E-state index contributed by atoms with van der Waals surface area (Å²) in [5, 5.41) is 20.1. The quantitative estimate of drug-likeness (QED) is 0.515. The molecule has 0 unspecified atom stereocenters. The van der Waals surface area contributed by atoms with Crippen LogP contribution in [0.5, 0.6) is 0 Å². The molecule has 0 saturated carbocycles. The average molecular weight is 328 g/mol. The lowest BCUT2D eigenvalue weighted by Gasteiger charge is -2.10. The van der Waals surface area contributed by atoms with E-state index in [1.165, 1.54) is 29.2 Å². The van der Waals surface area contributed by atoms with Crippen molar-refractivity contribution in [3.05, 3.63) is 39.6 Å². The molecule has 10 heteroatoms. The number of aromatic nitrogens is 2. The first kappa shape index (κ1) is 15.3. The summed E-state index contributed by atoms with van der Waals surface area (Å²) in [5.41, 5.74) is 1.03. The van der Waals surface area contributed by atoms with Gasteiger partial charge in [0.15, 0.2) is 4.34 Å². The van der Waals surface area contributed by atoms with Crippen LogP contribution in [-0.2, 0) is 4.79 Å². The van der Waals surface area contributed by atoms with E-state index in [2.05, 4.69) is 15.5 Å². The highest BCUT2D eigenvalue weighted by atomic mass is 32.2. The summed E-state index contributed by atoms with van der Waals surface area (Å²) in [4.78, 5) is 21.8. The van der Waals surface area contributed by atoms with Gasteiger partial charge in [-0.15, -0.1) is 10.2 Å². The van der Waals surface area contributed by atoms with E-state index in [0.29, 0.717) is 4.34 Å². The molecule has 0 aliphatic carbocycles. The lowest BCUT2D eigenvalue weighted by atomic mass is 10.2. The molecule has 0 aliphatic heterocycles. The molecule has 1 aromatic heterocycles. The Labute approximate surface area is 126 Å². The van der Waals surface area contributed by atoms with E-state index >= 15 is 0 Å². The summed E-state index contributed by atoms with van der Waals surface area (Å²) in [6, 6.07) is 3.19. The van der Waals surface area contributed by atoms with Gasteiger partial charge in [-0.1, -0.05) is 23.1 Å². The van der Waals surface area contributed by atoms with E-state index in [-0.39, 0.29) is 11.6 Å². The minimum Gasteiger partial charge on any atom is -0.325 e. The highest BCUT2D eigenvalue weighted by molar-refractivity contribution is 8.02. The largest absolute Gasteiger partial charge is 0.325 e. The van der Waals surface area contributed by atoms with Crippen molar-refractivity contribution in [1.29, 1.82) is 0 Å². The molecule has 1 atom stereocenters. The fourth-order valence-corrected chi connectivity index (χ4v) is 3.02. The van der Waals surface area contributed by atoms with Crippen molar-refractivity contribution < 1.29 is 14.1 Å². The zero-order valence-corrected chi connectivity index (χ0v) is 12.3. The Morgan fingerprint density at radius 2 is 2.33 bits per heavy atom. The summed E-state index contributed by atoms with van der Waals surface area (Å²) in [7, 11) is 0. The smallest absolute Gasteiger partial charge is 0.306 e. The molecule has 110 valence electrons. The van der Waals surface area contributed by atoms with E-state index in [1.807, 2.05) is 0 Å². The Kier molecular flexibility index (Phi) is 4.81. The maximum atomic E-state index is 13.2. The second kappa shape index (κ2) is 6.59. The normalized spacial score (nSPS) is 11.9. The van der Waals surface area contributed by atoms with Crippen LogP contribution >= 0.6 is 23.1 Å². The number of carbonyl (C=O) groups excluding carboxylic acids is 1. The summed E-state index contributed by atoms with van der Waals surface area (Å²) in [6.45, 7) is 1.67. The lowest BCUT2D eigenvalue weighted by Crippen LogP contribution is -2.22. The molecule has 1 aromatic carbocycles. The summed E-state index contributed by atoms with van der Waals surface area (Å²) in [5.74, 6) is -1.31. The second-order valence-corrected chi connectivity index (χ2v) is 6.30. The number of nitro groups is 1. The minimum atomic E-state index is -0.950. The van der Waals surface area contributed by atoms with E-state index in [9.17, 15) is 19.3 Å². The number of nitrogens with zero attached hydrogens (tertiary/aromatic N) is 3. The Morgan fingerprint density at radius 1 is 1.57 bits per heavy atom. The van der Waals surface area contributed by atoms with Crippen LogP contribution in [0.3, 0.4) is 0 Å². The van der Waals surface area contributed by atoms with Crippen LogP contribution in [0.25, 0.3) is 0 Å². The zero-order valence-electron chi connectivity index (χ0n) is 10.6. The topological polar surface area (TPSA) is 98.0 Å². The molecule has 7 nitrogen and oxygen atoms in total. The number of halogens is 1. The molecule has 0 aliphatic rings. The van der Waals surface area contributed by atoms with Crippen LogP contribution in [0.2, 0.25) is 0 Å². The van der Waals surface area contributed by atoms with Crippen molar-refractivity contribution in [3.8, 4) is 0 Å². The Balaban J connectivity index is 2.05. The van der Waals surface area contributed by atoms with Crippen LogP contribution in [0.1, 0.15) is 6.92 Å². The number of hydrogen-bond acceptors (Lipinski definition) is 7. The number of hydrogen-bond donors (Lipinski definition) is 1. The van der Waals surface area contributed by atoms with Gasteiger partial charge in [0.2, 0.25) is 11.7 Å². The molecule has 0 spiro atoms. The van der Waals surface area contributed by atoms with E-state index in [0.717, 1.165) is 12.1 Å². The van der Waals surface area contributed by atoms with Crippen molar-refractivity contribution in [2.45, 2.75) is 16.5 Å². The van der Waals surface area contributed by atoms with Gasteiger partial charge in [-0.2, -0.15) is 4.39 Å². The summed E-state index contributed by atoms with van der Waals surface area (Å²) in [6.07, 6.45) is 0.